The van der Waals surface area contributed by atoms with Crippen molar-refractivity contribution in [2.45, 2.75) is 39.2 Å². The van der Waals surface area contributed by atoms with Crippen molar-refractivity contribution in [2.24, 2.45) is 5.41 Å². The minimum atomic E-state index is -0.298. The van der Waals surface area contributed by atoms with Gasteiger partial charge in [-0.25, -0.2) is 0 Å². The monoisotopic (exact) mass is 228 g/mol. The number of amides is 1. The summed E-state index contributed by atoms with van der Waals surface area (Å²) >= 11 is 0. The lowest BCUT2D eigenvalue weighted by Crippen LogP contribution is -2.51. The fourth-order valence-electron chi connectivity index (χ4n) is 1.83. The number of methoxy groups -OCH3 is 1. The molecule has 0 saturated carbocycles. The second kappa shape index (κ2) is 5.15. The highest BCUT2D eigenvalue weighted by atomic mass is 16.5. The molecule has 4 nitrogen and oxygen atoms in total. The van der Waals surface area contributed by atoms with Crippen LogP contribution in [0.4, 0.5) is 0 Å². The van der Waals surface area contributed by atoms with E-state index in [4.69, 9.17) is 4.74 Å². The standard InChI is InChI=1S/C12H24N2O2/c1-11(2,16-4)8-14-10(15)12(3)6-5-7-13-9-12/h13H,5-9H2,1-4H3,(H,14,15). The molecule has 2 N–H and O–H groups in total. The molecule has 1 unspecified atom stereocenters. The maximum Gasteiger partial charge on any atom is 0.227 e. The Kier molecular flexibility index (Phi) is 4.33. The summed E-state index contributed by atoms with van der Waals surface area (Å²) in [6, 6.07) is 0. The van der Waals surface area contributed by atoms with Gasteiger partial charge in [0.2, 0.25) is 5.91 Å². The molecule has 0 aliphatic carbocycles. The first kappa shape index (κ1) is 13.5. The van der Waals surface area contributed by atoms with Gasteiger partial charge in [0.25, 0.3) is 0 Å². The van der Waals surface area contributed by atoms with Crippen molar-refractivity contribution >= 4 is 5.91 Å². The van der Waals surface area contributed by atoms with Crippen molar-refractivity contribution in [3.63, 3.8) is 0 Å². The average Bonchev–Trinajstić information content (AvgIpc) is 2.27. The zero-order valence-corrected chi connectivity index (χ0v) is 10.9. The molecule has 0 bridgehead atoms. The van der Waals surface area contributed by atoms with Gasteiger partial charge in [0.1, 0.15) is 0 Å². The molecule has 1 heterocycles. The van der Waals surface area contributed by atoms with E-state index in [1.54, 1.807) is 7.11 Å². The molecule has 1 saturated heterocycles. The Labute approximate surface area is 98.1 Å². The highest BCUT2D eigenvalue weighted by Crippen LogP contribution is 2.25. The second-order valence-electron chi connectivity index (χ2n) is 5.49. The van der Waals surface area contributed by atoms with Crippen molar-refractivity contribution in [3.05, 3.63) is 0 Å². The highest BCUT2D eigenvalue weighted by Gasteiger charge is 2.35. The van der Waals surface area contributed by atoms with Gasteiger partial charge in [-0.05, 0) is 40.2 Å². The van der Waals surface area contributed by atoms with E-state index in [2.05, 4.69) is 10.6 Å². The van der Waals surface area contributed by atoms with Gasteiger partial charge in [-0.1, -0.05) is 0 Å². The van der Waals surface area contributed by atoms with E-state index in [1.165, 1.54) is 0 Å². The van der Waals surface area contributed by atoms with Crippen LogP contribution in [0.5, 0.6) is 0 Å². The van der Waals surface area contributed by atoms with E-state index in [-0.39, 0.29) is 16.9 Å². The van der Waals surface area contributed by atoms with Crippen LogP contribution in [0.1, 0.15) is 33.6 Å². The first-order valence-corrected chi connectivity index (χ1v) is 5.94. The minimum Gasteiger partial charge on any atom is -0.377 e. The average molecular weight is 228 g/mol. The zero-order valence-electron chi connectivity index (χ0n) is 10.9. The summed E-state index contributed by atoms with van der Waals surface area (Å²) in [5.41, 5.74) is -0.559. The van der Waals surface area contributed by atoms with E-state index in [9.17, 15) is 4.79 Å². The summed E-state index contributed by atoms with van der Waals surface area (Å²) in [6.45, 7) is 8.30. The number of carbonyl (C=O) groups excluding carboxylic acids is 1. The predicted octanol–water partition coefficient (Wildman–Crippen LogP) is 0.917. The fraction of sp³-hybridized carbons (Fsp3) is 0.917. The summed E-state index contributed by atoms with van der Waals surface area (Å²) in [5.74, 6) is 0.129. The lowest BCUT2D eigenvalue weighted by Gasteiger charge is -2.34. The molecular formula is C12H24N2O2. The summed E-state index contributed by atoms with van der Waals surface area (Å²) in [6.07, 6.45) is 2.02. The minimum absolute atomic E-state index is 0.129. The highest BCUT2D eigenvalue weighted by molar-refractivity contribution is 5.82. The molecule has 1 aliphatic rings. The first-order chi connectivity index (χ1) is 7.40. The third-order valence-corrected chi connectivity index (χ3v) is 3.37. The summed E-state index contributed by atoms with van der Waals surface area (Å²) in [7, 11) is 1.66. The largest absolute Gasteiger partial charge is 0.377 e. The van der Waals surface area contributed by atoms with Crippen LogP contribution in [0.3, 0.4) is 0 Å². The third kappa shape index (κ3) is 3.46. The number of carbonyl (C=O) groups is 1. The molecule has 1 atom stereocenters. The van der Waals surface area contributed by atoms with E-state index >= 15 is 0 Å². The van der Waals surface area contributed by atoms with Crippen LogP contribution in [-0.2, 0) is 9.53 Å². The number of piperidine rings is 1. The molecular weight excluding hydrogens is 204 g/mol. The van der Waals surface area contributed by atoms with Crippen molar-refractivity contribution in [1.82, 2.24) is 10.6 Å². The van der Waals surface area contributed by atoms with Crippen molar-refractivity contribution in [1.29, 1.82) is 0 Å². The van der Waals surface area contributed by atoms with E-state index in [0.717, 1.165) is 25.9 Å². The van der Waals surface area contributed by atoms with Gasteiger partial charge in [-0.15, -0.1) is 0 Å². The van der Waals surface area contributed by atoms with Crippen molar-refractivity contribution in [3.8, 4) is 0 Å². The smallest absolute Gasteiger partial charge is 0.227 e. The van der Waals surface area contributed by atoms with E-state index in [1.807, 2.05) is 20.8 Å². The van der Waals surface area contributed by atoms with Gasteiger partial charge in [0.05, 0.1) is 11.0 Å². The lowest BCUT2D eigenvalue weighted by atomic mass is 9.82. The molecule has 1 rings (SSSR count). The molecule has 0 radical (unpaired) electrons. The molecule has 0 aromatic rings. The Morgan fingerprint density at radius 2 is 2.25 bits per heavy atom. The lowest BCUT2D eigenvalue weighted by molar-refractivity contribution is -0.132. The SMILES string of the molecule is COC(C)(C)CNC(=O)C1(C)CCCNC1. The zero-order chi connectivity index (χ0) is 12.2. The third-order valence-electron chi connectivity index (χ3n) is 3.37. The quantitative estimate of drug-likeness (QED) is 0.752. The summed E-state index contributed by atoms with van der Waals surface area (Å²) in [4.78, 5) is 12.1. The first-order valence-electron chi connectivity index (χ1n) is 5.94. The summed E-state index contributed by atoms with van der Waals surface area (Å²) in [5, 5.41) is 6.26. The van der Waals surface area contributed by atoms with Crippen molar-refractivity contribution in [2.75, 3.05) is 26.7 Å². The Morgan fingerprint density at radius 1 is 1.56 bits per heavy atom. The molecule has 0 aromatic carbocycles. The Morgan fingerprint density at radius 3 is 2.75 bits per heavy atom. The molecule has 0 spiro atoms. The summed E-state index contributed by atoms with van der Waals surface area (Å²) < 4.78 is 5.28. The van der Waals surface area contributed by atoms with Crippen LogP contribution < -0.4 is 10.6 Å². The topological polar surface area (TPSA) is 50.4 Å². The Balaban J connectivity index is 2.45. The van der Waals surface area contributed by atoms with Gasteiger partial charge in [-0.3, -0.25) is 4.79 Å². The molecule has 1 fully saturated rings. The maximum atomic E-state index is 12.1. The normalized spacial score (nSPS) is 26.5. The molecule has 4 heteroatoms. The van der Waals surface area contributed by atoms with Gasteiger partial charge >= 0.3 is 0 Å². The van der Waals surface area contributed by atoms with Gasteiger partial charge in [0, 0.05) is 20.2 Å². The molecule has 1 aliphatic heterocycles. The number of rotatable bonds is 4. The molecule has 94 valence electrons. The van der Waals surface area contributed by atoms with Gasteiger partial charge in [-0.2, -0.15) is 0 Å². The number of hydrogen-bond donors (Lipinski definition) is 2. The van der Waals surface area contributed by atoms with Crippen molar-refractivity contribution < 1.29 is 9.53 Å². The number of hydrogen-bond acceptors (Lipinski definition) is 3. The van der Waals surface area contributed by atoms with E-state index < -0.39 is 0 Å². The van der Waals surface area contributed by atoms with E-state index in [0.29, 0.717) is 6.54 Å². The van der Waals surface area contributed by atoms with Crippen LogP contribution in [-0.4, -0.2) is 38.3 Å². The van der Waals surface area contributed by atoms with Crippen LogP contribution in [0, 0.1) is 5.41 Å². The molecule has 1 amide bonds. The van der Waals surface area contributed by atoms with Gasteiger partial charge in [0.15, 0.2) is 0 Å². The van der Waals surface area contributed by atoms with Crippen LogP contribution in [0.15, 0.2) is 0 Å². The van der Waals surface area contributed by atoms with Crippen LogP contribution in [0.25, 0.3) is 0 Å². The number of ether oxygens (including phenoxy) is 1. The Hall–Kier alpha value is -0.610. The second-order valence-corrected chi connectivity index (χ2v) is 5.49. The fourth-order valence-corrected chi connectivity index (χ4v) is 1.83. The molecule has 16 heavy (non-hydrogen) atoms. The van der Waals surface area contributed by atoms with Crippen LogP contribution >= 0.6 is 0 Å². The van der Waals surface area contributed by atoms with Gasteiger partial charge < -0.3 is 15.4 Å². The Bertz CT molecular complexity index is 245. The predicted molar refractivity (Wildman–Crippen MR) is 64.3 cm³/mol. The molecule has 0 aromatic heterocycles. The van der Waals surface area contributed by atoms with Crippen LogP contribution in [0.2, 0.25) is 0 Å². The maximum absolute atomic E-state index is 12.1. The number of nitrogens with one attached hydrogen (secondary N) is 2.